The summed E-state index contributed by atoms with van der Waals surface area (Å²) in [6.07, 6.45) is 0.434. The lowest BCUT2D eigenvalue weighted by atomic mass is 10.1. The molecule has 0 bridgehead atoms. The Labute approximate surface area is 159 Å². The number of nitrogens with one attached hydrogen (secondary N) is 1. The van der Waals surface area contributed by atoms with Gasteiger partial charge in [-0.3, -0.25) is 19.7 Å². The van der Waals surface area contributed by atoms with Gasteiger partial charge in [0.05, 0.1) is 10.8 Å². The summed E-state index contributed by atoms with van der Waals surface area (Å²) in [4.78, 5) is 35.0. The van der Waals surface area contributed by atoms with Crippen molar-refractivity contribution in [1.29, 1.82) is 5.26 Å². The van der Waals surface area contributed by atoms with Crippen molar-refractivity contribution < 1.29 is 19.1 Å². The van der Waals surface area contributed by atoms with Gasteiger partial charge in [-0.15, -0.1) is 0 Å². The van der Waals surface area contributed by atoms with Gasteiger partial charge in [-0.05, 0) is 42.3 Å². The summed E-state index contributed by atoms with van der Waals surface area (Å²) < 4.78 is 5.49. The first-order valence-corrected chi connectivity index (χ1v) is 8.90. The predicted octanol–water partition coefficient (Wildman–Crippen LogP) is 2.30. The van der Waals surface area contributed by atoms with Gasteiger partial charge in [0.1, 0.15) is 11.8 Å². The molecule has 0 aliphatic carbocycles. The first-order valence-electron chi connectivity index (χ1n) is 8.02. The summed E-state index contributed by atoms with van der Waals surface area (Å²) in [5.41, 5.74) is 7.45. The summed E-state index contributed by atoms with van der Waals surface area (Å²) in [6, 6.07) is 13.4. The molecule has 27 heavy (non-hydrogen) atoms. The second kappa shape index (κ2) is 7.93. The van der Waals surface area contributed by atoms with Crippen LogP contribution in [-0.4, -0.2) is 28.8 Å². The van der Waals surface area contributed by atoms with E-state index in [0.717, 1.165) is 17.3 Å². The number of amides is 2. The number of ketones is 1. The highest BCUT2D eigenvalue weighted by molar-refractivity contribution is 8.15. The number of hydrogen-bond acceptors (Lipinski definition) is 7. The SMILES string of the molecule is N#Cc1cc(C(=O)COc2ccc(CC3SC(=O)NC3=O)cc2)ccc1N. The summed E-state index contributed by atoms with van der Waals surface area (Å²) in [7, 11) is 0. The van der Waals surface area contributed by atoms with E-state index < -0.39 is 5.25 Å². The Morgan fingerprint density at radius 2 is 1.96 bits per heavy atom. The van der Waals surface area contributed by atoms with E-state index in [-0.39, 0.29) is 29.1 Å². The molecule has 136 valence electrons. The van der Waals surface area contributed by atoms with E-state index in [9.17, 15) is 14.4 Å². The molecular weight excluding hydrogens is 366 g/mol. The molecule has 2 amide bonds. The first-order chi connectivity index (χ1) is 13.0. The molecule has 0 radical (unpaired) electrons. The van der Waals surface area contributed by atoms with Crippen LogP contribution in [0.2, 0.25) is 0 Å². The maximum Gasteiger partial charge on any atom is 0.286 e. The molecule has 1 atom stereocenters. The largest absolute Gasteiger partial charge is 0.485 e. The lowest BCUT2D eigenvalue weighted by Crippen LogP contribution is -2.25. The van der Waals surface area contributed by atoms with E-state index in [1.165, 1.54) is 12.1 Å². The minimum absolute atomic E-state index is 0.177. The topological polar surface area (TPSA) is 122 Å². The average molecular weight is 381 g/mol. The maximum atomic E-state index is 12.2. The summed E-state index contributed by atoms with van der Waals surface area (Å²) in [5, 5.41) is 10.5. The van der Waals surface area contributed by atoms with Crippen molar-refractivity contribution in [2.75, 3.05) is 12.3 Å². The van der Waals surface area contributed by atoms with Crippen LogP contribution in [0.3, 0.4) is 0 Å². The molecule has 2 aromatic rings. The number of ether oxygens (including phenoxy) is 1. The Hall–Kier alpha value is -3.31. The quantitative estimate of drug-likeness (QED) is 0.581. The van der Waals surface area contributed by atoms with Crippen LogP contribution in [0.1, 0.15) is 21.5 Å². The molecule has 3 rings (SSSR count). The van der Waals surface area contributed by atoms with Crippen molar-refractivity contribution in [3.05, 3.63) is 59.2 Å². The molecule has 0 saturated carbocycles. The van der Waals surface area contributed by atoms with E-state index >= 15 is 0 Å². The lowest BCUT2D eigenvalue weighted by Gasteiger charge is -2.09. The van der Waals surface area contributed by atoms with E-state index in [1.54, 1.807) is 30.3 Å². The molecule has 1 saturated heterocycles. The minimum Gasteiger partial charge on any atom is -0.485 e. The van der Waals surface area contributed by atoms with E-state index in [0.29, 0.717) is 23.4 Å². The molecule has 2 aromatic carbocycles. The number of thioether (sulfide) groups is 1. The highest BCUT2D eigenvalue weighted by atomic mass is 32.2. The third-order valence-electron chi connectivity index (χ3n) is 3.98. The van der Waals surface area contributed by atoms with Gasteiger partial charge in [0.2, 0.25) is 5.91 Å². The van der Waals surface area contributed by atoms with Crippen LogP contribution >= 0.6 is 11.8 Å². The standard InChI is InChI=1S/C19H15N3O4S/c20-9-13-8-12(3-6-15(13)21)16(23)10-26-14-4-1-11(2-5-14)7-17-18(24)22-19(25)27-17/h1-6,8,17H,7,10,21H2,(H,22,24,25). The Balaban J connectivity index is 1.57. The molecule has 7 nitrogen and oxygen atoms in total. The van der Waals surface area contributed by atoms with Crippen molar-refractivity contribution in [3.8, 4) is 11.8 Å². The third kappa shape index (κ3) is 4.46. The molecule has 0 aromatic heterocycles. The van der Waals surface area contributed by atoms with E-state index in [4.69, 9.17) is 15.7 Å². The van der Waals surface area contributed by atoms with Crippen LogP contribution < -0.4 is 15.8 Å². The predicted molar refractivity (Wildman–Crippen MR) is 100 cm³/mol. The fraction of sp³-hybridized carbons (Fsp3) is 0.158. The molecule has 1 heterocycles. The fourth-order valence-electron chi connectivity index (χ4n) is 2.52. The monoisotopic (exact) mass is 381 g/mol. The second-order valence-electron chi connectivity index (χ2n) is 5.86. The van der Waals surface area contributed by atoms with E-state index in [1.807, 2.05) is 6.07 Å². The first kappa shape index (κ1) is 18.5. The second-order valence-corrected chi connectivity index (χ2v) is 7.03. The normalized spacial score (nSPS) is 15.9. The van der Waals surface area contributed by atoms with Gasteiger partial charge < -0.3 is 10.5 Å². The Morgan fingerprint density at radius 3 is 2.59 bits per heavy atom. The van der Waals surface area contributed by atoms with Gasteiger partial charge in [-0.1, -0.05) is 23.9 Å². The molecule has 0 spiro atoms. The number of nitrogens with zero attached hydrogens (tertiary/aromatic N) is 1. The number of imide groups is 1. The van der Waals surface area contributed by atoms with Crippen LogP contribution in [0.25, 0.3) is 0 Å². The Bertz CT molecular complexity index is 950. The number of nitriles is 1. The van der Waals surface area contributed by atoms with Gasteiger partial charge in [-0.2, -0.15) is 5.26 Å². The molecule has 1 fully saturated rings. The van der Waals surface area contributed by atoms with Gasteiger partial charge >= 0.3 is 0 Å². The van der Waals surface area contributed by atoms with Gasteiger partial charge in [0.25, 0.3) is 5.24 Å². The average Bonchev–Trinajstić information content (AvgIpc) is 2.98. The van der Waals surface area contributed by atoms with Crippen molar-refractivity contribution in [2.45, 2.75) is 11.7 Å². The molecule has 1 aliphatic rings. The van der Waals surface area contributed by atoms with Gasteiger partial charge in [-0.25, -0.2) is 0 Å². The zero-order valence-corrected chi connectivity index (χ0v) is 14.9. The number of carbonyl (C=O) groups excluding carboxylic acids is 3. The number of hydrogen-bond donors (Lipinski definition) is 2. The highest BCUT2D eigenvalue weighted by Crippen LogP contribution is 2.24. The number of Topliss-reactive ketones (excluding diaryl/α,β-unsaturated/α-hetero) is 1. The maximum absolute atomic E-state index is 12.2. The van der Waals surface area contributed by atoms with Crippen LogP contribution in [0.15, 0.2) is 42.5 Å². The number of nitrogens with two attached hydrogens (primary N) is 1. The van der Waals surface area contributed by atoms with Crippen LogP contribution in [0.5, 0.6) is 5.75 Å². The molecule has 1 aliphatic heterocycles. The van der Waals surface area contributed by atoms with Crippen molar-refractivity contribution in [3.63, 3.8) is 0 Å². The van der Waals surface area contributed by atoms with Gasteiger partial charge in [0.15, 0.2) is 12.4 Å². The van der Waals surface area contributed by atoms with Crippen molar-refractivity contribution in [1.82, 2.24) is 5.32 Å². The van der Waals surface area contributed by atoms with Crippen LogP contribution in [-0.2, 0) is 11.2 Å². The van der Waals surface area contributed by atoms with Crippen molar-refractivity contribution in [2.24, 2.45) is 0 Å². The minimum atomic E-state index is -0.425. The summed E-state index contributed by atoms with van der Waals surface area (Å²) >= 11 is 0.981. The molecule has 1 unspecified atom stereocenters. The zero-order chi connectivity index (χ0) is 19.4. The summed E-state index contributed by atoms with van der Waals surface area (Å²) in [6.45, 7) is -0.177. The number of rotatable bonds is 6. The molecule has 8 heteroatoms. The van der Waals surface area contributed by atoms with Gasteiger partial charge in [0, 0.05) is 11.3 Å². The highest BCUT2D eigenvalue weighted by Gasteiger charge is 2.31. The Morgan fingerprint density at radius 1 is 1.22 bits per heavy atom. The number of carbonyl (C=O) groups is 3. The van der Waals surface area contributed by atoms with Crippen molar-refractivity contribution >= 4 is 34.4 Å². The smallest absolute Gasteiger partial charge is 0.286 e. The lowest BCUT2D eigenvalue weighted by molar-refractivity contribution is -0.118. The molecular formula is C19H15N3O4S. The molecule has 3 N–H and O–H groups in total. The summed E-state index contributed by atoms with van der Waals surface area (Å²) in [5.74, 6) is -0.0491. The third-order valence-corrected chi connectivity index (χ3v) is 4.96. The number of nitrogen functional groups attached to an aromatic ring is 1. The Kier molecular flexibility index (Phi) is 5.43. The van der Waals surface area contributed by atoms with Crippen LogP contribution in [0, 0.1) is 11.3 Å². The zero-order valence-electron chi connectivity index (χ0n) is 14.1. The van der Waals surface area contributed by atoms with E-state index in [2.05, 4.69) is 5.32 Å². The number of benzene rings is 2. The fourth-order valence-corrected chi connectivity index (χ4v) is 3.38. The van der Waals surface area contributed by atoms with Crippen LogP contribution in [0.4, 0.5) is 10.5 Å². The number of anilines is 1.